The SMILES string of the molecule is Cc1ccc(C(=N)N)c(N2CCOc3ccccc3C2)c1. The molecule has 3 N–H and O–H groups in total. The fourth-order valence-electron chi connectivity index (χ4n) is 2.66. The van der Waals surface area contributed by atoms with Gasteiger partial charge in [-0.05, 0) is 30.7 Å². The molecule has 0 spiro atoms. The molecule has 1 heterocycles. The summed E-state index contributed by atoms with van der Waals surface area (Å²) in [6, 6.07) is 14.1. The van der Waals surface area contributed by atoms with E-state index in [0.29, 0.717) is 6.61 Å². The van der Waals surface area contributed by atoms with Gasteiger partial charge in [-0.3, -0.25) is 5.41 Å². The molecule has 1 aliphatic rings. The highest BCUT2D eigenvalue weighted by atomic mass is 16.5. The van der Waals surface area contributed by atoms with E-state index in [-0.39, 0.29) is 5.84 Å². The van der Waals surface area contributed by atoms with Crippen molar-refractivity contribution in [2.45, 2.75) is 13.5 Å². The second kappa shape index (κ2) is 5.48. The van der Waals surface area contributed by atoms with Crippen LogP contribution in [0.1, 0.15) is 16.7 Å². The Morgan fingerprint density at radius 2 is 2.05 bits per heavy atom. The fraction of sp³-hybridized carbons (Fsp3) is 0.235. The first-order valence-electron chi connectivity index (χ1n) is 7.06. The molecule has 0 radical (unpaired) electrons. The predicted molar refractivity (Wildman–Crippen MR) is 85.2 cm³/mol. The van der Waals surface area contributed by atoms with Crippen molar-refractivity contribution in [3.8, 4) is 5.75 Å². The largest absolute Gasteiger partial charge is 0.491 e. The van der Waals surface area contributed by atoms with E-state index in [9.17, 15) is 0 Å². The molecule has 4 nitrogen and oxygen atoms in total. The number of benzene rings is 2. The van der Waals surface area contributed by atoms with Gasteiger partial charge in [0, 0.05) is 23.4 Å². The second-order valence-electron chi connectivity index (χ2n) is 5.31. The summed E-state index contributed by atoms with van der Waals surface area (Å²) >= 11 is 0. The average Bonchev–Trinajstić information content (AvgIpc) is 2.68. The van der Waals surface area contributed by atoms with Crippen molar-refractivity contribution in [2.24, 2.45) is 5.73 Å². The van der Waals surface area contributed by atoms with Gasteiger partial charge in [0.1, 0.15) is 18.2 Å². The van der Waals surface area contributed by atoms with Crippen molar-refractivity contribution >= 4 is 11.5 Å². The highest BCUT2D eigenvalue weighted by Gasteiger charge is 2.18. The standard InChI is InChI=1S/C17H19N3O/c1-12-6-7-14(17(18)19)15(10-12)20-8-9-21-16-5-3-2-4-13(16)11-20/h2-7,10H,8-9,11H2,1H3,(H3,18,19). The van der Waals surface area contributed by atoms with E-state index in [1.807, 2.05) is 30.3 Å². The van der Waals surface area contributed by atoms with Gasteiger partial charge in [-0.2, -0.15) is 0 Å². The zero-order valence-electron chi connectivity index (χ0n) is 12.1. The normalized spacial score (nSPS) is 14.0. The maximum Gasteiger partial charge on any atom is 0.124 e. The van der Waals surface area contributed by atoms with Crippen LogP contribution in [-0.2, 0) is 6.54 Å². The molecule has 3 rings (SSSR count). The molecule has 2 aromatic carbocycles. The van der Waals surface area contributed by atoms with Gasteiger partial charge >= 0.3 is 0 Å². The van der Waals surface area contributed by atoms with Gasteiger partial charge in [-0.15, -0.1) is 0 Å². The molecule has 1 aliphatic heterocycles. The van der Waals surface area contributed by atoms with E-state index in [1.165, 1.54) is 0 Å². The highest BCUT2D eigenvalue weighted by molar-refractivity contribution is 6.00. The summed E-state index contributed by atoms with van der Waals surface area (Å²) in [6.07, 6.45) is 0. The first-order valence-corrected chi connectivity index (χ1v) is 7.06. The van der Waals surface area contributed by atoms with E-state index in [0.717, 1.165) is 41.2 Å². The summed E-state index contributed by atoms with van der Waals surface area (Å²) in [5.41, 5.74) is 9.83. The number of aryl methyl sites for hydroxylation is 1. The number of hydrogen-bond donors (Lipinski definition) is 2. The number of nitrogens with zero attached hydrogens (tertiary/aromatic N) is 1. The highest BCUT2D eigenvalue weighted by Crippen LogP contribution is 2.28. The Balaban J connectivity index is 2.01. The van der Waals surface area contributed by atoms with Gasteiger partial charge in [0.15, 0.2) is 0 Å². The van der Waals surface area contributed by atoms with E-state index in [2.05, 4.69) is 24.0 Å². The monoisotopic (exact) mass is 281 g/mol. The van der Waals surface area contributed by atoms with Crippen LogP contribution in [0.3, 0.4) is 0 Å². The molecule has 4 heteroatoms. The number of nitrogens with one attached hydrogen (secondary N) is 1. The Kier molecular flexibility index (Phi) is 3.52. The first kappa shape index (κ1) is 13.5. The maximum absolute atomic E-state index is 7.78. The lowest BCUT2D eigenvalue weighted by molar-refractivity contribution is 0.331. The third-order valence-electron chi connectivity index (χ3n) is 3.74. The summed E-state index contributed by atoms with van der Waals surface area (Å²) in [5.74, 6) is 1.04. The number of rotatable bonds is 2. The molecule has 21 heavy (non-hydrogen) atoms. The minimum Gasteiger partial charge on any atom is -0.491 e. The van der Waals surface area contributed by atoms with Crippen LogP contribution >= 0.6 is 0 Å². The molecular formula is C17H19N3O. The minimum absolute atomic E-state index is 0.100. The zero-order chi connectivity index (χ0) is 14.8. The smallest absolute Gasteiger partial charge is 0.124 e. The number of hydrogen-bond acceptors (Lipinski definition) is 3. The van der Waals surface area contributed by atoms with E-state index in [1.54, 1.807) is 0 Å². The maximum atomic E-state index is 7.78. The molecule has 0 saturated heterocycles. The van der Waals surface area contributed by atoms with E-state index < -0.39 is 0 Å². The first-order chi connectivity index (χ1) is 10.1. The topological polar surface area (TPSA) is 62.3 Å². The number of amidine groups is 1. The lowest BCUT2D eigenvalue weighted by Gasteiger charge is -2.25. The lowest BCUT2D eigenvalue weighted by atomic mass is 10.1. The van der Waals surface area contributed by atoms with Crippen molar-refractivity contribution in [3.05, 3.63) is 59.2 Å². The molecule has 108 valence electrons. The molecule has 2 aromatic rings. The summed E-state index contributed by atoms with van der Waals surface area (Å²) in [5, 5.41) is 7.78. The summed E-state index contributed by atoms with van der Waals surface area (Å²) < 4.78 is 5.80. The van der Waals surface area contributed by atoms with Crippen molar-refractivity contribution in [2.75, 3.05) is 18.1 Å². The van der Waals surface area contributed by atoms with Crippen LogP contribution in [0.25, 0.3) is 0 Å². The summed E-state index contributed by atoms with van der Waals surface area (Å²) in [7, 11) is 0. The van der Waals surface area contributed by atoms with Crippen LogP contribution in [0.4, 0.5) is 5.69 Å². The van der Waals surface area contributed by atoms with Crippen LogP contribution in [0, 0.1) is 12.3 Å². The Morgan fingerprint density at radius 1 is 1.24 bits per heavy atom. The van der Waals surface area contributed by atoms with Gasteiger partial charge in [0.2, 0.25) is 0 Å². The average molecular weight is 281 g/mol. The Labute approximate surface area is 124 Å². The quantitative estimate of drug-likeness (QED) is 0.657. The number of anilines is 1. The number of fused-ring (bicyclic) bond motifs is 1. The molecule has 0 bridgehead atoms. The Hall–Kier alpha value is -2.49. The van der Waals surface area contributed by atoms with Gasteiger partial charge in [0.05, 0.1) is 6.54 Å². The third-order valence-corrected chi connectivity index (χ3v) is 3.74. The van der Waals surface area contributed by atoms with Crippen LogP contribution in [0.15, 0.2) is 42.5 Å². The van der Waals surface area contributed by atoms with Crippen LogP contribution in [0.5, 0.6) is 5.75 Å². The molecule has 0 saturated carbocycles. The Morgan fingerprint density at radius 3 is 2.86 bits per heavy atom. The molecule has 0 amide bonds. The molecule has 0 aliphatic carbocycles. The van der Waals surface area contributed by atoms with Crippen LogP contribution in [0.2, 0.25) is 0 Å². The van der Waals surface area contributed by atoms with Crippen molar-refractivity contribution in [1.82, 2.24) is 0 Å². The van der Waals surface area contributed by atoms with Gasteiger partial charge < -0.3 is 15.4 Å². The second-order valence-corrected chi connectivity index (χ2v) is 5.31. The predicted octanol–water partition coefficient (Wildman–Crippen LogP) is 2.68. The molecular weight excluding hydrogens is 262 g/mol. The molecule has 0 aromatic heterocycles. The van der Waals surface area contributed by atoms with Crippen molar-refractivity contribution in [3.63, 3.8) is 0 Å². The summed E-state index contributed by atoms with van der Waals surface area (Å²) in [4.78, 5) is 2.23. The van der Waals surface area contributed by atoms with Gasteiger partial charge in [-0.25, -0.2) is 0 Å². The van der Waals surface area contributed by atoms with Crippen molar-refractivity contribution in [1.29, 1.82) is 5.41 Å². The third kappa shape index (κ3) is 2.70. The zero-order valence-corrected chi connectivity index (χ0v) is 12.1. The number of nitrogens with two attached hydrogens (primary N) is 1. The molecule has 0 atom stereocenters. The Bertz CT molecular complexity index is 681. The minimum atomic E-state index is 0.100. The van der Waals surface area contributed by atoms with E-state index >= 15 is 0 Å². The van der Waals surface area contributed by atoms with E-state index in [4.69, 9.17) is 15.9 Å². The van der Waals surface area contributed by atoms with Gasteiger partial charge in [0.25, 0.3) is 0 Å². The van der Waals surface area contributed by atoms with Crippen LogP contribution < -0.4 is 15.4 Å². The molecule has 0 unspecified atom stereocenters. The number of nitrogen functional groups attached to an aromatic ring is 1. The number of ether oxygens (including phenoxy) is 1. The molecule has 0 fully saturated rings. The van der Waals surface area contributed by atoms with Crippen molar-refractivity contribution < 1.29 is 4.74 Å². The summed E-state index contributed by atoms with van der Waals surface area (Å²) in [6.45, 7) is 4.22. The van der Waals surface area contributed by atoms with Gasteiger partial charge in [-0.1, -0.05) is 24.3 Å². The van der Waals surface area contributed by atoms with Crippen LogP contribution in [-0.4, -0.2) is 19.0 Å². The fourth-order valence-corrected chi connectivity index (χ4v) is 2.66. The number of para-hydroxylation sites is 1. The lowest BCUT2D eigenvalue weighted by Crippen LogP contribution is -2.28.